The fraction of sp³-hybridized carbons (Fsp3) is 0.412. The standard InChI is InChI=1S/C17H20N4O3S2/c1-5-24-16(22)11-6-18-17(23)21-12(11)7-25-14-13-8(2)9(3)26-15(13)20-10(4)19-14/h5-7H2,1-4H3,(H2,18,21,23). The van der Waals surface area contributed by atoms with Gasteiger partial charge in [-0.3, -0.25) is 0 Å². The fourth-order valence-electron chi connectivity index (χ4n) is 2.63. The molecule has 0 aliphatic carbocycles. The highest BCUT2D eigenvalue weighted by atomic mass is 32.2. The van der Waals surface area contributed by atoms with Gasteiger partial charge in [0.2, 0.25) is 0 Å². The predicted octanol–water partition coefficient (Wildman–Crippen LogP) is 2.84. The van der Waals surface area contributed by atoms with E-state index in [0.717, 1.165) is 15.2 Å². The molecule has 0 saturated carbocycles. The molecule has 2 aromatic heterocycles. The molecular formula is C17H20N4O3S2. The Hall–Kier alpha value is -2.13. The van der Waals surface area contributed by atoms with E-state index in [9.17, 15) is 9.59 Å². The third kappa shape index (κ3) is 3.68. The molecule has 26 heavy (non-hydrogen) atoms. The van der Waals surface area contributed by atoms with Gasteiger partial charge in [0.15, 0.2) is 0 Å². The molecule has 9 heteroatoms. The Morgan fingerprint density at radius 2 is 2.08 bits per heavy atom. The van der Waals surface area contributed by atoms with Crippen molar-refractivity contribution in [3.05, 3.63) is 27.5 Å². The Morgan fingerprint density at radius 3 is 2.81 bits per heavy atom. The van der Waals surface area contributed by atoms with Crippen LogP contribution >= 0.6 is 23.1 Å². The van der Waals surface area contributed by atoms with Crippen LogP contribution in [0.15, 0.2) is 16.3 Å². The van der Waals surface area contributed by atoms with E-state index in [4.69, 9.17) is 4.74 Å². The van der Waals surface area contributed by atoms with Gasteiger partial charge in [-0.25, -0.2) is 19.6 Å². The van der Waals surface area contributed by atoms with Crippen LogP contribution in [0.3, 0.4) is 0 Å². The smallest absolute Gasteiger partial charge is 0.337 e. The molecule has 138 valence electrons. The molecule has 1 aliphatic rings. The van der Waals surface area contributed by atoms with Gasteiger partial charge in [0.05, 0.1) is 18.7 Å². The first-order chi connectivity index (χ1) is 12.4. The van der Waals surface area contributed by atoms with E-state index in [0.29, 0.717) is 22.8 Å². The monoisotopic (exact) mass is 392 g/mol. The van der Waals surface area contributed by atoms with Gasteiger partial charge in [-0.15, -0.1) is 11.3 Å². The maximum absolute atomic E-state index is 12.1. The summed E-state index contributed by atoms with van der Waals surface area (Å²) in [6, 6.07) is -0.319. The minimum absolute atomic E-state index is 0.162. The van der Waals surface area contributed by atoms with Crippen LogP contribution in [-0.2, 0) is 9.53 Å². The van der Waals surface area contributed by atoms with Gasteiger partial charge in [-0.1, -0.05) is 11.8 Å². The fourth-order valence-corrected chi connectivity index (χ4v) is 4.89. The topological polar surface area (TPSA) is 93.2 Å². The number of aryl methyl sites for hydroxylation is 3. The van der Waals surface area contributed by atoms with Crippen LogP contribution in [0.5, 0.6) is 0 Å². The number of thiophene rings is 1. The predicted molar refractivity (Wildman–Crippen MR) is 103 cm³/mol. The zero-order valence-electron chi connectivity index (χ0n) is 15.1. The Labute approximate surface area is 159 Å². The van der Waals surface area contributed by atoms with Gasteiger partial charge in [0, 0.05) is 21.7 Å². The minimum atomic E-state index is -0.415. The Balaban J connectivity index is 1.92. The number of aromatic nitrogens is 2. The SMILES string of the molecule is CCOC(=O)C1=C(CSc2nc(C)nc3sc(C)c(C)c23)NC(=O)NC1. The van der Waals surface area contributed by atoms with Crippen LogP contribution in [0.1, 0.15) is 23.2 Å². The summed E-state index contributed by atoms with van der Waals surface area (Å²) < 4.78 is 5.09. The molecule has 0 bridgehead atoms. The summed E-state index contributed by atoms with van der Waals surface area (Å²) in [5.41, 5.74) is 2.17. The lowest BCUT2D eigenvalue weighted by Crippen LogP contribution is -2.44. The van der Waals surface area contributed by atoms with Crippen molar-refractivity contribution in [1.29, 1.82) is 0 Å². The van der Waals surface area contributed by atoms with Gasteiger partial charge < -0.3 is 15.4 Å². The first kappa shape index (κ1) is 18.7. The van der Waals surface area contributed by atoms with E-state index in [1.54, 1.807) is 18.3 Å². The van der Waals surface area contributed by atoms with Crippen molar-refractivity contribution < 1.29 is 14.3 Å². The van der Waals surface area contributed by atoms with E-state index < -0.39 is 5.97 Å². The molecule has 2 aromatic rings. The van der Waals surface area contributed by atoms with E-state index >= 15 is 0 Å². The molecule has 0 radical (unpaired) electrons. The van der Waals surface area contributed by atoms with Crippen molar-refractivity contribution in [2.45, 2.75) is 32.7 Å². The van der Waals surface area contributed by atoms with Crippen molar-refractivity contribution in [2.24, 2.45) is 0 Å². The number of ether oxygens (including phenoxy) is 1. The largest absolute Gasteiger partial charge is 0.463 e. The van der Waals surface area contributed by atoms with Gasteiger partial charge in [0.25, 0.3) is 0 Å². The van der Waals surface area contributed by atoms with Gasteiger partial charge in [-0.2, -0.15) is 0 Å². The van der Waals surface area contributed by atoms with Crippen LogP contribution in [0, 0.1) is 20.8 Å². The molecule has 0 atom stereocenters. The van der Waals surface area contributed by atoms with Gasteiger partial charge >= 0.3 is 12.0 Å². The Morgan fingerprint density at radius 1 is 1.31 bits per heavy atom. The zero-order valence-corrected chi connectivity index (χ0v) is 16.7. The highest BCUT2D eigenvalue weighted by Gasteiger charge is 2.24. The molecule has 1 aliphatic heterocycles. The number of nitrogens with one attached hydrogen (secondary N) is 2. The summed E-state index contributed by atoms with van der Waals surface area (Å²) in [6.45, 7) is 8.20. The average Bonchev–Trinajstić information content (AvgIpc) is 2.87. The summed E-state index contributed by atoms with van der Waals surface area (Å²) in [5, 5.41) is 7.24. The van der Waals surface area contributed by atoms with Crippen LogP contribution in [0.4, 0.5) is 4.79 Å². The molecule has 0 fully saturated rings. The number of amides is 2. The lowest BCUT2D eigenvalue weighted by Gasteiger charge is -2.21. The van der Waals surface area contributed by atoms with E-state index in [1.807, 2.05) is 6.92 Å². The number of nitrogens with zero attached hydrogens (tertiary/aromatic N) is 2. The number of rotatable bonds is 5. The lowest BCUT2D eigenvalue weighted by molar-refractivity contribution is -0.138. The molecule has 0 unspecified atom stereocenters. The second kappa shape index (κ2) is 7.63. The van der Waals surface area contributed by atoms with Crippen LogP contribution < -0.4 is 10.6 Å². The van der Waals surface area contributed by atoms with Crippen LogP contribution in [0.2, 0.25) is 0 Å². The third-order valence-electron chi connectivity index (χ3n) is 4.04. The second-order valence-corrected chi connectivity index (χ2v) is 7.98. The van der Waals surface area contributed by atoms with Crippen molar-refractivity contribution >= 4 is 45.3 Å². The summed E-state index contributed by atoms with van der Waals surface area (Å²) in [7, 11) is 0. The highest BCUT2D eigenvalue weighted by molar-refractivity contribution is 7.99. The van der Waals surface area contributed by atoms with Crippen LogP contribution in [-0.4, -0.2) is 40.9 Å². The number of thioether (sulfide) groups is 1. The molecule has 0 saturated heterocycles. The maximum Gasteiger partial charge on any atom is 0.337 e. The number of hydrogen-bond donors (Lipinski definition) is 2. The number of esters is 1. The molecule has 3 rings (SSSR count). The molecule has 3 heterocycles. The van der Waals surface area contributed by atoms with E-state index in [1.165, 1.54) is 22.2 Å². The number of carbonyl (C=O) groups is 2. The molecular weight excluding hydrogens is 372 g/mol. The Kier molecular flexibility index (Phi) is 5.47. The molecule has 7 nitrogen and oxygen atoms in total. The first-order valence-electron chi connectivity index (χ1n) is 8.21. The second-order valence-electron chi connectivity index (χ2n) is 5.81. The van der Waals surface area contributed by atoms with Gasteiger partial charge in [-0.05, 0) is 33.3 Å². The van der Waals surface area contributed by atoms with E-state index in [-0.39, 0.29) is 19.2 Å². The number of hydrogen-bond acceptors (Lipinski definition) is 7. The molecule has 2 amide bonds. The highest BCUT2D eigenvalue weighted by Crippen LogP contribution is 2.35. The van der Waals surface area contributed by atoms with E-state index in [2.05, 4.69) is 34.4 Å². The van der Waals surface area contributed by atoms with Crippen molar-refractivity contribution in [1.82, 2.24) is 20.6 Å². The molecule has 2 N–H and O–H groups in total. The lowest BCUT2D eigenvalue weighted by atomic mass is 10.2. The zero-order chi connectivity index (χ0) is 18.8. The maximum atomic E-state index is 12.1. The average molecular weight is 393 g/mol. The molecule has 0 spiro atoms. The number of fused-ring (bicyclic) bond motifs is 1. The summed E-state index contributed by atoms with van der Waals surface area (Å²) in [4.78, 5) is 35.1. The summed E-state index contributed by atoms with van der Waals surface area (Å²) in [5.74, 6) is 0.707. The molecule has 0 aromatic carbocycles. The van der Waals surface area contributed by atoms with Crippen molar-refractivity contribution in [3.8, 4) is 0 Å². The van der Waals surface area contributed by atoms with Crippen molar-refractivity contribution in [3.63, 3.8) is 0 Å². The Bertz CT molecular complexity index is 920. The van der Waals surface area contributed by atoms with Gasteiger partial charge in [0.1, 0.15) is 15.7 Å². The number of carbonyl (C=O) groups excluding carboxylic acids is 2. The van der Waals surface area contributed by atoms with Crippen molar-refractivity contribution in [2.75, 3.05) is 18.9 Å². The first-order valence-corrected chi connectivity index (χ1v) is 10.0. The summed E-state index contributed by atoms with van der Waals surface area (Å²) >= 11 is 3.14. The number of urea groups is 1. The quantitative estimate of drug-likeness (QED) is 0.462. The minimum Gasteiger partial charge on any atom is -0.463 e. The van der Waals surface area contributed by atoms with Crippen LogP contribution in [0.25, 0.3) is 10.2 Å². The third-order valence-corrected chi connectivity index (χ3v) is 6.14. The normalized spacial score (nSPS) is 14.4. The summed E-state index contributed by atoms with van der Waals surface area (Å²) in [6.07, 6.45) is 0.